The molecule has 0 heterocycles. The van der Waals surface area contributed by atoms with Crippen LogP contribution in [0.3, 0.4) is 0 Å². The van der Waals surface area contributed by atoms with E-state index in [9.17, 15) is 0 Å². The van der Waals surface area contributed by atoms with E-state index < -0.39 is 0 Å². The first-order valence-corrected chi connectivity index (χ1v) is 5.29. The molecule has 2 bridgehead atoms. The Kier molecular flexibility index (Phi) is 1.77. The van der Waals surface area contributed by atoms with Crippen molar-refractivity contribution in [1.29, 1.82) is 0 Å². The molecule has 74 valence electrons. The lowest BCUT2D eigenvalue weighted by atomic mass is 9.70. The molecule has 2 aliphatic rings. The van der Waals surface area contributed by atoms with Crippen molar-refractivity contribution in [2.24, 2.45) is 16.7 Å². The highest BCUT2D eigenvalue weighted by atomic mass is 16.5. The first-order chi connectivity index (χ1) is 6.02. The molecule has 3 atom stereocenters. The molecule has 0 radical (unpaired) electrons. The Hall–Kier alpha value is -0.460. The third kappa shape index (κ3) is 0.934. The van der Waals surface area contributed by atoms with Gasteiger partial charge in [0.1, 0.15) is 6.10 Å². The minimum atomic E-state index is 0.381. The molecule has 2 rings (SSSR count). The largest absolute Gasteiger partial charge is 0.498 e. The Labute approximate surface area is 81.2 Å². The first kappa shape index (κ1) is 9.11. The summed E-state index contributed by atoms with van der Waals surface area (Å²) in [7, 11) is 0. The smallest absolute Gasteiger partial charge is 0.104 e. The Morgan fingerprint density at radius 2 is 2.08 bits per heavy atom. The van der Waals surface area contributed by atoms with Crippen molar-refractivity contribution in [3.8, 4) is 0 Å². The minimum absolute atomic E-state index is 0.381. The van der Waals surface area contributed by atoms with E-state index in [0.29, 0.717) is 16.9 Å². The van der Waals surface area contributed by atoms with Gasteiger partial charge >= 0.3 is 0 Å². The SMILES string of the molecule is C=CO[C@@H]1C[C@@H]2CC[C@@]1(C)C2(C)C. The summed E-state index contributed by atoms with van der Waals surface area (Å²) in [6.45, 7) is 10.8. The zero-order valence-corrected chi connectivity index (χ0v) is 8.97. The van der Waals surface area contributed by atoms with Crippen LogP contribution in [0.2, 0.25) is 0 Å². The lowest BCUT2D eigenvalue weighted by molar-refractivity contribution is 0.00178. The molecule has 0 aromatic heterocycles. The van der Waals surface area contributed by atoms with Gasteiger partial charge in [0.15, 0.2) is 0 Å². The predicted octanol–water partition coefficient (Wildman–Crippen LogP) is 3.36. The Bertz CT molecular complexity index is 231. The number of ether oxygens (including phenoxy) is 1. The van der Waals surface area contributed by atoms with Crippen LogP contribution in [-0.4, -0.2) is 6.10 Å². The van der Waals surface area contributed by atoms with Crippen molar-refractivity contribution in [2.45, 2.75) is 46.1 Å². The highest BCUT2D eigenvalue weighted by Gasteiger charge is 2.62. The number of hydrogen-bond donors (Lipinski definition) is 0. The van der Waals surface area contributed by atoms with Crippen molar-refractivity contribution in [2.75, 3.05) is 0 Å². The summed E-state index contributed by atoms with van der Waals surface area (Å²) in [4.78, 5) is 0. The van der Waals surface area contributed by atoms with Crippen molar-refractivity contribution in [3.63, 3.8) is 0 Å². The van der Waals surface area contributed by atoms with Crippen molar-refractivity contribution in [3.05, 3.63) is 12.8 Å². The Balaban J connectivity index is 2.27. The third-order valence-corrected chi connectivity index (χ3v) is 4.97. The van der Waals surface area contributed by atoms with Gasteiger partial charge in [0, 0.05) is 5.41 Å². The van der Waals surface area contributed by atoms with E-state index in [2.05, 4.69) is 27.4 Å². The zero-order chi connectivity index (χ0) is 9.69. The molecule has 0 aromatic carbocycles. The molecule has 0 amide bonds. The molecule has 0 saturated heterocycles. The summed E-state index contributed by atoms with van der Waals surface area (Å²) >= 11 is 0. The molecule has 0 aliphatic heterocycles. The Morgan fingerprint density at radius 3 is 2.46 bits per heavy atom. The maximum atomic E-state index is 5.64. The van der Waals surface area contributed by atoms with E-state index >= 15 is 0 Å². The van der Waals surface area contributed by atoms with E-state index in [1.165, 1.54) is 19.3 Å². The van der Waals surface area contributed by atoms with Gasteiger partial charge in [-0.05, 0) is 30.6 Å². The molecule has 13 heavy (non-hydrogen) atoms. The number of rotatable bonds is 2. The molecule has 2 aliphatic carbocycles. The van der Waals surface area contributed by atoms with Crippen molar-refractivity contribution < 1.29 is 4.74 Å². The monoisotopic (exact) mass is 180 g/mol. The topological polar surface area (TPSA) is 9.23 Å². The van der Waals surface area contributed by atoms with Crippen LogP contribution >= 0.6 is 0 Å². The normalized spacial score (nSPS) is 46.4. The molecule has 0 N–H and O–H groups in total. The van der Waals surface area contributed by atoms with Gasteiger partial charge < -0.3 is 4.74 Å². The summed E-state index contributed by atoms with van der Waals surface area (Å²) in [6, 6.07) is 0. The molecular weight excluding hydrogens is 160 g/mol. The Morgan fingerprint density at radius 1 is 1.38 bits per heavy atom. The van der Waals surface area contributed by atoms with Gasteiger partial charge in [0.25, 0.3) is 0 Å². The molecule has 2 fully saturated rings. The number of fused-ring (bicyclic) bond motifs is 2. The summed E-state index contributed by atoms with van der Waals surface area (Å²) in [5.41, 5.74) is 0.840. The van der Waals surface area contributed by atoms with Crippen LogP contribution in [-0.2, 0) is 4.74 Å². The molecule has 2 saturated carbocycles. The van der Waals surface area contributed by atoms with Crippen LogP contribution in [0.25, 0.3) is 0 Å². The quantitative estimate of drug-likeness (QED) is 0.592. The van der Waals surface area contributed by atoms with Crippen LogP contribution in [0.1, 0.15) is 40.0 Å². The molecule has 1 heteroatoms. The van der Waals surface area contributed by atoms with Crippen LogP contribution < -0.4 is 0 Å². The minimum Gasteiger partial charge on any atom is -0.498 e. The van der Waals surface area contributed by atoms with Gasteiger partial charge in [-0.25, -0.2) is 0 Å². The highest BCUT2D eigenvalue weighted by Crippen LogP contribution is 2.66. The van der Waals surface area contributed by atoms with E-state index in [1.54, 1.807) is 6.26 Å². The molecule has 1 nitrogen and oxygen atoms in total. The van der Waals surface area contributed by atoms with E-state index in [1.807, 2.05) is 0 Å². The maximum Gasteiger partial charge on any atom is 0.104 e. The fraction of sp³-hybridized carbons (Fsp3) is 0.833. The highest BCUT2D eigenvalue weighted by molar-refractivity contribution is 5.11. The van der Waals surface area contributed by atoms with Crippen molar-refractivity contribution in [1.82, 2.24) is 0 Å². The van der Waals surface area contributed by atoms with Gasteiger partial charge in [-0.2, -0.15) is 0 Å². The van der Waals surface area contributed by atoms with Crippen LogP contribution in [0.15, 0.2) is 12.8 Å². The second-order valence-electron chi connectivity index (χ2n) is 5.40. The molecule has 0 spiro atoms. The standard InChI is InChI=1S/C12H20O/c1-5-13-10-8-9-6-7-12(10,4)11(9,2)3/h5,9-10H,1,6-8H2,2-4H3/t9-,10+,12+/m0/s1. The third-order valence-electron chi connectivity index (χ3n) is 4.97. The van der Waals surface area contributed by atoms with Gasteiger partial charge in [0.05, 0.1) is 6.26 Å². The van der Waals surface area contributed by atoms with Gasteiger partial charge in [-0.3, -0.25) is 0 Å². The maximum absolute atomic E-state index is 5.64. The van der Waals surface area contributed by atoms with Crippen LogP contribution in [0.4, 0.5) is 0 Å². The fourth-order valence-electron chi connectivity index (χ4n) is 3.45. The van der Waals surface area contributed by atoms with Gasteiger partial charge in [-0.1, -0.05) is 27.4 Å². The number of hydrogen-bond acceptors (Lipinski definition) is 1. The summed E-state index contributed by atoms with van der Waals surface area (Å²) in [5, 5.41) is 0. The van der Waals surface area contributed by atoms with E-state index in [0.717, 1.165) is 5.92 Å². The zero-order valence-electron chi connectivity index (χ0n) is 8.97. The predicted molar refractivity (Wildman–Crippen MR) is 54.3 cm³/mol. The molecular formula is C12H20O. The lowest BCUT2D eigenvalue weighted by Crippen LogP contribution is -2.36. The second-order valence-corrected chi connectivity index (χ2v) is 5.40. The summed E-state index contributed by atoms with van der Waals surface area (Å²) in [6.07, 6.45) is 5.98. The second kappa shape index (κ2) is 2.52. The van der Waals surface area contributed by atoms with Gasteiger partial charge in [-0.15, -0.1) is 0 Å². The lowest BCUT2D eigenvalue weighted by Gasteiger charge is -2.38. The van der Waals surface area contributed by atoms with E-state index in [4.69, 9.17) is 4.74 Å². The average Bonchev–Trinajstić information content (AvgIpc) is 2.37. The summed E-state index contributed by atoms with van der Waals surface area (Å²) < 4.78 is 5.64. The van der Waals surface area contributed by atoms with Crippen molar-refractivity contribution >= 4 is 0 Å². The summed E-state index contributed by atoms with van der Waals surface area (Å²) in [5.74, 6) is 0.863. The van der Waals surface area contributed by atoms with Crippen LogP contribution in [0.5, 0.6) is 0 Å². The fourth-order valence-corrected chi connectivity index (χ4v) is 3.45. The van der Waals surface area contributed by atoms with Gasteiger partial charge in [0.2, 0.25) is 0 Å². The molecule has 0 aromatic rings. The van der Waals surface area contributed by atoms with E-state index in [-0.39, 0.29) is 0 Å². The average molecular weight is 180 g/mol. The first-order valence-electron chi connectivity index (χ1n) is 5.29. The van der Waals surface area contributed by atoms with Crippen LogP contribution in [0, 0.1) is 16.7 Å². The molecule has 0 unspecified atom stereocenters.